The number of carbonyl (C=O) groups excluding carboxylic acids is 2. The number of rotatable bonds is 3. The third-order valence-corrected chi connectivity index (χ3v) is 5.69. The fraction of sp³-hybridized carbons (Fsp3) is 0.200. The predicted octanol–water partition coefficient (Wildman–Crippen LogP) is 5.52. The van der Waals surface area contributed by atoms with Crippen LogP contribution in [0.1, 0.15) is 52.0 Å². The van der Waals surface area contributed by atoms with Crippen LogP contribution in [-0.2, 0) is 4.74 Å². The van der Waals surface area contributed by atoms with Gasteiger partial charge in [-0.25, -0.2) is 9.59 Å². The molecule has 5 heteroatoms. The minimum Gasteiger partial charge on any atom is -0.451 e. The first-order valence-corrected chi connectivity index (χ1v) is 10.0. The molecule has 0 atom stereocenters. The number of ether oxygens (including phenoxy) is 3. The topological polar surface area (TPSA) is 61.8 Å². The molecule has 2 aliphatic rings. The van der Waals surface area contributed by atoms with E-state index in [9.17, 15) is 9.59 Å². The third-order valence-electron chi connectivity index (χ3n) is 5.69. The van der Waals surface area contributed by atoms with E-state index in [0.717, 1.165) is 23.8 Å². The summed E-state index contributed by atoms with van der Waals surface area (Å²) >= 11 is 0. The molecule has 3 aromatic rings. The molecule has 0 N–H and O–H groups in total. The van der Waals surface area contributed by atoms with Gasteiger partial charge in [-0.05, 0) is 42.0 Å². The molecule has 1 fully saturated rings. The zero-order valence-corrected chi connectivity index (χ0v) is 16.4. The van der Waals surface area contributed by atoms with Crippen molar-refractivity contribution in [1.82, 2.24) is 0 Å². The summed E-state index contributed by atoms with van der Waals surface area (Å²) in [4.78, 5) is 25.9. The van der Waals surface area contributed by atoms with E-state index in [1.807, 2.05) is 30.3 Å². The van der Waals surface area contributed by atoms with Crippen LogP contribution < -0.4 is 9.47 Å². The smallest absolute Gasteiger partial charge is 0.349 e. The van der Waals surface area contributed by atoms with Crippen LogP contribution in [0, 0.1) is 0 Å². The monoisotopic (exact) mass is 400 g/mol. The van der Waals surface area contributed by atoms with Crippen LogP contribution in [0.3, 0.4) is 0 Å². The van der Waals surface area contributed by atoms with Crippen molar-refractivity contribution >= 4 is 28.8 Å². The molecular weight excluding hydrogens is 380 g/mol. The molecule has 1 saturated carbocycles. The normalized spacial score (nSPS) is 16.6. The van der Waals surface area contributed by atoms with Crippen LogP contribution in [0.15, 0.2) is 61.2 Å². The van der Waals surface area contributed by atoms with Crippen molar-refractivity contribution in [2.75, 3.05) is 0 Å². The lowest BCUT2D eigenvalue weighted by molar-refractivity contribution is -0.148. The maximum atomic E-state index is 13.0. The van der Waals surface area contributed by atoms with Gasteiger partial charge < -0.3 is 14.2 Å². The zero-order chi connectivity index (χ0) is 20.7. The van der Waals surface area contributed by atoms with Gasteiger partial charge in [0.15, 0.2) is 5.75 Å². The first-order valence-electron chi connectivity index (χ1n) is 10.0. The van der Waals surface area contributed by atoms with Crippen LogP contribution in [0.5, 0.6) is 11.5 Å². The van der Waals surface area contributed by atoms with Crippen molar-refractivity contribution in [3.05, 3.63) is 77.9 Å². The summed E-state index contributed by atoms with van der Waals surface area (Å²) in [7, 11) is 0. The van der Waals surface area contributed by atoms with E-state index in [1.165, 1.54) is 0 Å². The number of fused-ring (bicyclic) bond motifs is 2. The Bertz CT molecular complexity index is 1170. The highest BCUT2D eigenvalue weighted by Gasteiger charge is 2.46. The fourth-order valence-electron chi connectivity index (χ4n) is 4.14. The Morgan fingerprint density at radius 3 is 2.50 bits per heavy atom. The van der Waals surface area contributed by atoms with Gasteiger partial charge >= 0.3 is 11.9 Å². The highest BCUT2D eigenvalue weighted by Crippen LogP contribution is 2.46. The van der Waals surface area contributed by atoms with E-state index in [-0.39, 0.29) is 11.3 Å². The Morgan fingerprint density at radius 2 is 1.77 bits per heavy atom. The molecule has 0 unspecified atom stereocenters. The Hall–Kier alpha value is -3.60. The van der Waals surface area contributed by atoms with E-state index in [1.54, 1.807) is 30.3 Å². The zero-order valence-electron chi connectivity index (χ0n) is 16.4. The van der Waals surface area contributed by atoms with Crippen molar-refractivity contribution in [3.63, 3.8) is 0 Å². The molecule has 0 saturated heterocycles. The second-order valence-electron chi connectivity index (χ2n) is 7.62. The van der Waals surface area contributed by atoms with E-state index >= 15 is 0 Å². The van der Waals surface area contributed by atoms with Crippen LogP contribution in [0.4, 0.5) is 0 Å². The first-order chi connectivity index (χ1) is 14.6. The minimum atomic E-state index is -0.908. The number of hydrogen-bond acceptors (Lipinski definition) is 5. The summed E-state index contributed by atoms with van der Waals surface area (Å²) in [6.45, 7) is 3.71. The molecule has 1 aliphatic carbocycles. The van der Waals surface area contributed by atoms with Gasteiger partial charge in [-0.2, -0.15) is 0 Å². The molecule has 0 aromatic heterocycles. The van der Waals surface area contributed by atoms with Gasteiger partial charge in [-0.3, -0.25) is 0 Å². The summed E-state index contributed by atoms with van der Waals surface area (Å²) in [5, 5.41) is 1.47. The molecule has 1 heterocycles. The lowest BCUT2D eigenvalue weighted by Crippen LogP contribution is -2.42. The van der Waals surface area contributed by atoms with Gasteiger partial charge in [0.25, 0.3) is 5.79 Å². The molecule has 5 rings (SSSR count). The average Bonchev–Trinajstić information content (AvgIpc) is 3.20. The van der Waals surface area contributed by atoms with Crippen LogP contribution in [-0.4, -0.2) is 17.7 Å². The number of benzene rings is 3. The maximum Gasteiger partial charge on any atom is 0.349 e. The van der Waals surface area contributed by atoms with Gasteiger partial charge in [0, 0.05) is 18.2 Å². The van der Waals surface area contributed by atoms with E-state index in [4.69, 9.17) is 14.2 Å². The predicted molar refractivity (Wildman–Crippen MR) is 113 cm³/mol. The quantitative estimate of drug-likeness (QED) is 0.428. The van der Waals surface area contributed by atoms with Gasteiger partial charge in [0.2, 0.25) is 0 Å². The number of hydrogen-bond donors (Lipinski definition) is 0. The Balaban J connectivity index is 1.60. The minimum absolute atomic E-state index is 0.155. The summed E-state index contributed by atoms with van der Waals surface area (Å²) in [6, 6.07) is 16.1. The lowest BCUT2D eigenvalue weighted by Gasteiger charge is -2.35. The molecule has 1 aliphatic heterocycles. The molecule has 3 aromatic carbocycles. The van der Waals surface area contributed by atoms with Gasteiger partial charge in [-0.1, -0.05) is 49.1 Å². The van der Waals surface area contributed by atoms with Crippen molar-refractivity contribution in [1.29, 1.82) is 0 Å². The highest BCUT2D eigenvalue weighted by molar-refractivity contribution is 6.07. The number of esters is 2. The second kappa shape index (κ2) is 7.02. The van der Waals surface area contributed by atoms with E-state index in [2.05, 4.69) is 6.58 Å². The molecule has 1 spiro atoms. The second-order valence-corrected chi connectivity index (χ2v) is 7.62. The fourth-order valence-corrected chi connectivity index (χ4v) is 4.14. The Kier molecular flexibility index (Phi) is 4.31. The SMILES string of the molecule is C=Cc1ccc(C(=O)Oc2c3c(cc4ccccc24)OC2(CCCC2)OC3=O)cc1. The molecular formula is C25H20O5. The van der Waals surface area contributed by atoms with Crippen molar-refractivity contribution in [2.24, 2.45) is 0 Å². The maximum absolute atomic E-state index is 13.0. The van der Waals surface area contributed by atoms with E-state index in [0.29, 0.717) is 29.5 Å². The summed E-state index contributed by atoms with van der Waals surface area (Å²) in [5.41, 5.74) is 1.43. The summed E-state index contributed by atoms with van der Waals surface area (Å²) in [5.74, 6) is -1.42. The molecule has 0 amide bonds. The van der Waals surface area contributed by atoms with Crippen LogP contribution in [0.25, 0.3) is 16.8 Å². The van der Waals surface area contributed by atoms with Gasteiger partial charge in [0.1, 0.15) is 11.3 Å². The molecule has 0 radical (unpaired) electrons. The molecule has 5 nitrogen and oxygen atoms in total. The van der Waals surface area contributed by atoms with Gasteiger partial charge in [0.05, 0.1) is 5.56 Å². The Morgan fingerprint density at radius 1 is 1.03 bits per heavy atom. The van der Waals surface area contributed by atoms with Gasteiger partial charge in [-0.15, -0.1) is 0 Å². The number of carbonyl (C=O) groups is 2. The highest BCUT2D eigenvalue weighted by atomic mass is 16.7. The van der Waals surface area contributed by atoms with Crippen LogP contribution in [0.2, 0.25) is 0 Å². The standard InChI is InChI=1S/C25H20O5/c1-2-16-9-11-17(12-10-16)23(26)28-22-19-8-4-3-7-18(19)15-20-21(22)24(27)30-25(29-20)13-5-6-14-25/h2-4,7-12,15H,1,5-6,13-14H2. The summed E-state index contributed by atoms with van der Waals surface area (Å²) in [6.07, 6.45) is 4.91. The molecule has 0 bridgehead atoms. The average molecular weight is 400 g/mol. The molecule has 30 heavy (non-hydrogen) atoms. The third kappa shape index (κ3) is 3.03. The molecule has 150 valence electrons. The van der Waals surface area contributed by atoms with Crippen LogP contribution >= 0.6 is 0 Å². The largest absolute Gasteiger partial charge is 0.451 e. The van der Waals surface area contributed by atoms with E-state index < -0.39 is 17.7 Å². The van der Waals surface area contributed by atoms with Crippen molar-refractivity contribution in [2.45, 2.75) is 31.5 Å². The summed E-state index contributed by atoms with van der Waals surface area (Å²) < 4.78 is 17.6. The lowest BCUT2D eigenvalue weighted by atomic mass is 10.0. The van der Waals surface area contributed by atoms with Crippen molar-refractivity contribution in [3.8, 4) is 11.5 Å². The van der Waals surface area contributed by atoms with Crippen molar-refractivity contribution < 1.29 is 23.8 Å². The Labute approximate surface area is 173 Å². The first kappa shape index (κ1) is 18.4.